The van der Waals surface area contributed by atoms with Crippen LogP contribution in [0.5, 0.6) is 5.75 Å². The van der Waals surface area contributed by atoms with Crippen LogP contribution in [-0.4, -0.2) is 11.3 Å². The van der Waals surface area contributed by atoms with Crippen LogP contribution in [0.2, 0.25) is 0 Å². The van der Waals surface area contributed by atoms with Crippen molar-refractivity contribution in [2.24, 2.45) is 0 Å². The monoisotopic (exact) mass is 280 g/mol. The molecule has 0 saturated heterocycles. The second-order valence-corrected chi connectivity index (χ2v) is 3.42. The van der Waals surface area contributed by atoms with Gasteiger partial charge in [0.25, 0.3) is 0 Å². The van der Waals surface area contributed by atoms with Crippen LogP contribution in [0.15, 0.2) is 10.5 Å². The fourth-order valence-electron chi connectivity index (χ4n) is 0.871. The van der Waals surface area contributed by atoms with Gasteiger partial charge in [-0.2, -0.15) is 5.26 Å². The third kappa shape index (κ3) is 3.09. The number of aromatic nitrogens is 1. The first-order chi connectivity index (χ1) is 6.83. The number of nitrogens with zero attached hydrogens (tertiary/aromatic N) is 2. The summed E-state index contributed by atoms with van der Waals surface area (Å²) in [7, 11) is 0. The maximum Gasteiger partial charge on any atom is 0.573 e. The smallest absolute Gasteiger partial charge is 0.404 e. The van der Waals surface area contributed by atoms with Gasteiger partial charge >= 0.3 is 6.36 Å². The minimum Gasteiger partial charge on any atom is -0.404 e. The van der Waals surface area contributed by atoms with E-state index in [2.05, 4.69) is 25.7 Å². The Balaban J connectivity index is 3.13. The average molecular weight is 281 g/mol. The van der Waals surface area contributed by atoms with Crippen LogP contribution in [0.25, 0.3) is 0 Å². The highest BCUT2D eigenvalue weighted by Crippen LogP contribution is 2.28. The Morgan fingerprint density at radius 3 is 2.60 bits per heavy atom. The summed E-state index contributed by atoms with van der Waals surface area (Å²) in [5.74, 6) is -0.423. The van der Waals surface area contributed by atoms with Crippen molar-refractivity contribution in [1.29, 1.82) is 5.26 Å². The normalized spacial score (nSPS) is 10.9. The molecule has 1 rings (SSSR count). The summed E-state index contributed by atoms with van der Waals surface area (Å²) in [6.07, 6.45) is -4.76. The molecule has 80 valence electrons. The third-order valence-electron chi connectivity index (χ3n) is 1.45. The van der Waals surface area contributed by atoms with Crippen molar-refractivity contribution in [2.75, 3.05) is 0 Å². The molecule has 0 aliphatic carbocycles. The van der Waals surface area contributed by atoms with Crippen LogP contribution in [0.1, 0.15) is 11.4 Å². The molecule has 7 heteroatoms. The number of halogens is 4. The molecule has 0 fully saturated rings. The zero-order chi connectivity index (χ0) is 11.6. The van der Waals surface area contributed by atoms with E-state index in [0.29, 0.717) is 0 Å². The second kappa shape index (κ2) is 4.06. The van der Waals surface area contributed by atoms with Gasteiger partial charge in [0.15, 0.2) is 11.4 Å². The zero-order valence-corrected chi connectivity index (χ0v) is 8.98. The highest BCUT2D eigenvalue weighted by Gasteiger charge is 2.32. The van der Waals surface area contributed by atoms with Gasteiger partial charge in [-0.1, -0.05) is 0 Å². The molecule has 15 heavy (non-hydrogen) atoms. The van der Waals surface area contributed by atoms with Gasteiger partial charge < -0.3 is 4.74 Å². The van der Waals surface area contributed by atoms with Gasteiger partial charge in [0.1, 0.15) is 6.07 Å². The van der Waals surface area contributed by atoms with Gasteiger partial charge in [-0.3, -0.25) is 0 Å². The first-order valence-corrected chi connectivity index (χ1v) is 4.46. The van der Waals surface area contributed by atoms with Crippen molar-refractivity contribution in [3.63, 3.8) is 0 Å². The molecule has 0 spiro atoms. The van der Waals surface area contributed by atoms with Crippen LogP contribution >= 0.6 is 15.9 Å². The number of nitriles is 1. The zero-order valence-electron chi connectivity index (χ0n) is 7.39. The highest BCUT2D eigenvalue weighted by molar-refractivity contribution is 9.10. The molecule has 0 aromatic carbocycles. The number of hydrogen-bond donors (Lipinski definition) is 0. The van der Waals surface area contributed by atoms with Crippen LogP contribution in [-0.2, 0) is 0 Å². The van der Waals surface area contributed by atoms with Crippen LogP contribution in [0.3, 0.4) is 0 Å². The highest BCUT2D eigenvalue weighted by atomic mass is 79.9. The van der Waals surface area contributed by atoms with Crippen molar-refractivity contribution in [2.45, 2.75) is 13.3 Å². The molecule has 1 aromatic heterocycles. The molecule has 0 bridgehead atoms. The quantitative estimate of drug-likeness (QED) is 0.795. The predicted octanol–water partition coefficient (Wildman–Crippen LogP) is 2.92. The molecule has 0 aliphatic heterocycles. The van der Waals surface area contributed by atoms with Crippen molar-refractivity contribution >= 4 is 15.9 Å². The number of alkyl halides is 3. The second-order valence-electron chi connectivity index (χ2n) is 2.56. The van der Waals surface area contributed by atoms with Crippen LogP contribution in [0, 0.1) is 18.3 Å². The Labute approximate surface area is 91.6 Å². The van der Waals surface area contributed by atoms with E-state index in [-0.39, 0.29) is 15.9 Å². The first kappa shape index (κ1) is 11.8. The first-order valence-electron chi connectivity index (χ1n) is 3.66. The maximum absolute atomic E-state index is 11.9. The molecule has 0 amide bonds. The van der Waals surface area contributed by atoms with E-state index in [1.807, 2.05) is 0 Å². The minimum atomic E-state index is -4.76. The fraction of sp³-hybridized carbons (Fsp3) is 0.250. The van der Waals surface area contributed by atoms with E-state index >= 15 is 0 Å². The Hall–Kier alpha value is -1.29. The van der Waals surface area contributed by atoms with E-state index in [9.17, 15) is 13.2 Å². The molecule has 0 unspecified atom stereocenters. The number of aryl methyl sites for hydroxylation is 1. The number of pyridine rings is 1. The molecule has 0 N–H and O–H groups in total. The Bertz CT molecular complexity index is 425. The van der Waals surface area contributed by atoms with Crippen molar-refractivity contribution in [3.05, 3.63) is 21.9 Å². The van der Waals surface area contributed by atoms with Crippen molar-refractivity contribution < 1.29 is 17.9 Å². The Morgan fingerprint density at radius 2 is 2.13 bits per heavy atom. The molecule has 0 saturated carbocycles. The largest absolute Gasteiger partial charge is 0.573 e. The van der Waals surface area contributed by atoms with Gasteiger partial charge in [-0.25, -0.2) is 4.98 Å². The minimum absolute atomic E-state index is 0.00655. The summed E-state index contributed by atoms with van der Waals surface area (Å²) in [5, 5.41) is 8.56. The molecule has 3 nitrogen and oxygen atoms in total. The van der Waals surface area contributed by atoms with Crippen molar-refractivity contribution in [1.82, 2.24) is 4.98 Å². The topological polar surface area (TPSA) is 45.9 Å². The van der Waals surface area contributed by atoms with Crippen LogP contribution in [0.4, 0.5) is 13.2 Å². The lowest BCUT2D eigenvalue weighted by atomic mass is 10.3. The van der Waals surface area contributed by atoms with Gasteiger partial charge in [-0.15, -0.1) is 13.2 Å². The lowest BCUT2D eigenvalue weighted by Crippen LogP contribution is -2.18. The van der Waals surface area contributed by atoms with E-state index < -0.39 is 12.1 Å². The third-order valence-corrected chi connectivity index (χ3v) is 2.06. The van der Waals surface area contributed by atoms with Gasteiger partial charge in [-0.05, 0) is 28.9 Å². The van der Waals surface area contributed by atoms with E-state index in [1.54, 1.807) is 6.07 Å². The Morgan fingerprint density at radius 1 is 1.53 bits per heavy atom. The summed E-state index contributed by atoms with van der Waals surface area (Å²) in [5.41, 5.74) is 0.0223. The van der Waals surface area contributed by atoms with Gasteiger partial charge in [0.2, 0.25) is 0 Å². The van der Waals surface area contributed by atoms with Gasteiger partial charge in [0, 0.05) is 0 Å². The lowest BCUT2D eigenvalue weighted by Gasteiger charge is -2.11. The number of hydrogen-bond acceptors (Lipinski definition) is 3. The average Bonchev–Trinajstić information content (AvgIpc) is 2.08. The summed E-state index contributed by atoms with van der Waals surface area (Å²) in [6.45, 7) is 1.33. The molecular weight excluding hydrogens is 277 g/mol. The summed E-state index contributed by atoms with van der Waals surface area (Å²) in [6, 6.07) is 2.80. The molecule has 1 heterocycles. The molecule has 1 aromatic rings. The molecule has 0 radical (unpaired) electrons. The number of ether oxygens (including phenoxy) is 1. The molecular formula is C8H4BrF3N2O. The van der Waals surface area contributed by atoms with Gasteiger partial charge in [0.05, 0.1) is 10.2 Å². The molecule has 0 aliphatic rings. The number of rotatable bonds is 1. The van der Waals surface area contributed by atoms with E-state index in [0.717, 1.165) is 6.07 Å². The standard InChI is InChI=1S/C8H4BrF3N2O/c1-4-7(15-8(10,11)12)2-5(9)6(3-13)14-4/h2H,1H3. The Kier molecular flexibility index (Phi) is 3.19. The predicted molar refractivity (Wildman–Crippen MR) is 48.1 cm³/mol. The molecule has 0 atom stereocenters. The summed E-state index contributed by atoms with van der Waals surface area (Å²) >= 11 is 2.92. The fourth-order valence-corrected chi connectivity index (χ4v) is 1.26. The SMILES string of the molecule is Cc1nc(C#N)c(Br)cc1OC(F)(F)F. The van der Waals surface area contributed by atoms with E-state index in [4.69, 9.17) is 5.26 Å². The maximum atomic E-state index is 11.9. The van der Waals surface area contributed by atoms with Crippen molar-refractivity contribution in [3.8, 4) is 11.8 Å². The summed E-state index contributed by atoms with van der Waals surface area (Å²) in [4.78, 5) is 3.64. The van der Waals surface area contributed by atoms with E-state index in [1.165, 1.54) is 6.92 Å². The lowest BCUT2D eigenvalue weighted by molar-refractivity contribution is -0.275. The summed E-state index contributed by atoms with van der Waals surface area (Å²) < 4.78 is 39.6. The van der Waals surface area contributed by atoms with Crippen LogP contribution < -0.4 is 4.74 Å².